The quantitative estimate of drug-likeness (QED) is 0.0973. The Morgan fingerprint density at radius 2 is 1.48 bits per heavy atom. The molecule has 0 saturated carbocycles. The standard InChI is InChI=1S/C40H54N6O5S/c1-7-8-23-50-38-42-35(25-41-24-33-19-20-34(52-33)28-45-21-9-10-22-45)36(43-39(47)51-40(2,3)4)37(44-38)46(26-29-11-15-31(48-5)16-12-29)27-30-13-17-32(49-6)18-14-30/h11-20,41H,7-10,21-28H2,1-6H3,(H,43,47). The number of nitrogens with one attached hydrogen (secondary N) is 2. The number of nitrogens with zero attached hydrogens (tertiary/aromatic N) is 4. The Hall–Kier alpha value is -4.39. The second-order valence-corrected chi connectivity index (χ2v) is 15.2. The van der Waals surface area contributed by atoms with Gasteiger partial charge in [0.2, 0.25) is 0 Å². The van der Waals surface area contributed by atoms with Gasteiger partial charge in [0.15, 0.2) is 5.82 Å². The zero-order chi connectivity index (χ0) is 36.9. The van der Waals surface area contributed by atoms with E-state index in [0.717, 1.165) is 42.0 Å². The van der Waals surface area contributed by atoms with Gasteiger partial charge in [0.25, 0.3) is 0 Å². The van der Waals surface area contributed by atoms with E-state index in [1.807, 2.05) is 80.6 Å². The summed E-state index contributed by atoms with van der Waals surface area (Å²) in [5.41, 5.74) is 2.43. The fourth-order valence-corrected chi connectivity index (χ4v) is 6.94. The number of anilines is 2. The minimum atomic E-state index is -0.704. The molecule has 1 saturated heterocycles. The van der Waals surface area contributed by atoms with Crippen LogP contribution in [-0.2, 0) is 37.5 Å². The number of methoxy groups -OCH3 is 2. The number of carbonyl (C=O) groups is 1. The van der Waals surface area contributed by atoms with Gasteiger partial charge in [0, 0.05) is 42.5 Å². The van der Waals surface area contributed by atoms with E-state index in [9.17, 15) is 4.79 Å². The van der Waals surface area contributed by atoms with Gasteiger partial charge in [0.05, 0.1) is 26.5 Å². The molecular weight excluding hydrogens is 677 g/mol. The number of carbonyl (C=O) groups excluding carboxylic acids is 1. The molecule has 2 aromatic heterocycles. The Bertz CT molecular complexity index is 1650. The molecule has 1 aliphatic rings. The zero-order valence-electron chi connectivity index (χ0n) is 31.5. The highest BCUT2D eigenvalue weighted by Gasteiger charge is 2.25. The number of ether oxygens (including phenoxy) is 4. The molecule has 1 aliphatic heterocycles. The maximum Gasteiger partial charge on any atom is 0.412 e. The van der Waals surface area contributed by atoms with Crippen molar-refractivity contribution in [2.45, 2.75) is 91.7 Å². The van der Waals surface area contributed by atoms with Crippen LogP contribution in [0.5, 0.6) is 17.5 Å². The lowest BCUT2D eigenvalue weighted by Crippen LogP contribution is -2.31. The lowest BCUT2D eigenvalue weighted by molar-refractivity contribution is 0.0635. The SMILES string of the molecule is CCCCOc1nc(CNCc2ccc(CN3CCCC3)s2)c(NC(=O)OC(C)(C)C)c(N(Cc2ccc(OC)cc2)Cc2ccc(OC)cc2)n1. The fraction of sp³-hybridized carbons (Fsp3) is 0.475. The van der Waals surface area contributed by atoms with Gasteiger partial charge >= 0.3 is 12.1 Å². The molecule has 1 fully saturated rings. The van der Waals surface area contributed by atoms with Crippen LogP contribution >= 0.6 is 11.3 Å². The Labute approximate surface area is 312 Å². The van der Waals surface area contributed by atoms with Crippen LogP contribution in [0.4, 0.5) is 16.3 Å². The summed E-state index contributed by atoms with van der Waals surface area (Å²) in [4.78, 5) is 30.6. The van der Waals surface area contributed by atoms with Gasteiger partial charge in [-0.1, -0.05) is 37.6 Å². The first-order chi connectivity index (χ1) is 25.1. The highest BCUT2D eigenvalue weighted by Crippen LogP contribution is 2.33. The molecule has 0 radical (unpaired) electrons. The average Bonchev–Trinajstić information content (AvgIpc) is 3.81. The van der Waals surface area contributed by atoms with Crippen LogP contribution < -0.4 is 29.7 Å². The number of aromatic nitrogens is 2. The fourth-order valence-electron chi connectivity index (χ4n) is 5.91. The highest BCUT2D eigenvalue weighted by atomic mass is 32.1. The van der Waals surface area contributed by atoms with Crippen LogP contribution in [0.1, 0.15) is 80.0 Å². The van der Waals surface area contributed by atoms with Gasteiger partial charge in [-0.25, -0.2) is 4.79 Å². The van der Waals surface area contributed by atoms with E-state index in [0.29, 0.717) is 50.0 Å². The Kier molecular flexibility index (Phi) is 14.1. The molecule has 12 heteroatoms. The molecule has 3 heterocycles. The third kappa shape index (κ3) is 11.8. The minimum Gasteiger partial charge on any atom is -0.497 e. The van der Waals surface area contributed by atoms with Crippen molar-refractivity contribution in [2.24, 2.45) is 0 Å². The summed E-state index contributed by atoms with van der Waals surface area (Å²) in [5, 5.41) is 6.63. The molecule has 2 N–H and O–H groups in total. The Morgan fingerprint density at radius 1 is 0.865 bits per heavy atom. The molecule has 0 bridgehead atoms. The largest absolute Gasteiger partial charge is 0.497 e. The van der Waals surface area contributed by atoms with Crippen LogP contribution in [0, 0.1) is 0 Å². The highest BCUT2D eigenvalue weighted by molar-refractivity contribution is 7.11. The third-order valence-corrected chi connectivity index (χ3v) is 9.62. The number of likely N-dealkylation sites (tertiary alicyclic amines) is 1. The summed E-state index contributed by atoms with van der Waals surface area (Å²) in [7, 11) is 3.31. The summed E-state index contributed by atoms with van der Waals surface area (Å²) in [5.74, 6) is 2.07. The van der Waals surface area contributed by atoms with Crippen molar-refractivity contribution in [1.82, 2.24) is 20.2 Å². The first kappa shape index (κ1) is 38.8. The first-order valence-corrected chi connectivity index (χ1v) is 19.0. The minimum absolute atomic E-state index is 0.258. The summed E-state index contributed by atoms with van der Waals surface area (Å²) in [6.07, 6.45) is 3.81. The molecule has 1 amide bonds. The number of thiophene rings is 1. The summed E-state index contributed by atoms with van der Waals surface area (Å²) >= 11 is 1.83. The second-order valence-electron chi connectivity index (χ2n) is 14.0. The van der Waals surface area contributed by atoms with Crippen LogP contribution in [0.25, 0.3) is 0 Å². The van der Waals surface area contributed by atoms with E-state index in [-0.39, 0.29) is 6.01 Å². The topological polar surface area (TPSA) is 110 Å². The van der Waals surface area contributed by atoms with Gasteiger partial charge in [-0.3, -0.25) is 10.2 Å². The number of benzene rings is 2. The number of rotatable bonds is 18. The van der Waals surface area contributed by atoms with E-state index in [4.69, 9.17) is 28.9 Å². The van der Waals surface area contributed by atoms with E-state index in [2.05, 4.69) is 39.5 Å². The van der Waals surface area contributed by atoms with Crippen LogP contribution in [0.3, 0.4) is 0 Å². The normalized spacial score (nSPS) is 13.2. The molecule has 0 atom stereocenters. The van der Waals surface area contributed by atoms with Gasteiger partial charge in [0.1, 0.15) is 22.8 Å². The van der Waals surface area contributed by atoms with Crippen molar-refractivity contribution in [2.75, 3.05) is 44.1 Å². The molecule has 52 heavy (non-hydrogen) atoms. The molecular formula is C40H54N6O5S. The van der Waals surface area contributed by atoms with Crippen LogP contribution in [0.2, 0.25) is 0 Å². The molecule has 0 spiro atoms. The van der Waals surface area contributed by atoms with Crippen molar-refractivity contribution in [3.05, 3.63) is 87.2 Å². The van der Waals surface area contributed by atoms with E-state index in [1.54, 1.807) is 14.2 Å². The maximum absolute atomic E-state index is 13.5. The van der Waals surface area contributed by atoms with Gasteiger partial charge in [-0.05, 0) is 101 Å². The van der Waals surface area contributed by atoms with E-state index < -0.39 is 11.7 Å². The third-order valence-electron chi connectivity index (χ3n) is 8.55. The lowest BCUT2D eigenvalue weighted by Gasteiger charge is -2.28. The van der Waals surface area contributed by atoms with Crippen molar-refractivity contribution in [3.63, 3.8) is 0 Å². The van der Waals surface area contributed by atoms with Crippen molar-refractivity contribution < 1.29 is 23.7 Å². The molecule has 5 rings (SSSR count). The van der Waals surface area contributed by atoms with E-state index in [1.165, 1.54) is 35.7 Å². The van der Waals surface area contributed by atoms with E-state index >= 15 is 0 Å². The molecule has 0 aliphatic carbocycles. The van der Waals surface area contributed by atoms with Crippen molar-refractivity contribution >= 4 is 28.9 Å². The average molecular weight is 731 g/mol. The van der Waals surface area contributed by atoms with Gasteiger partial charge in [-0.2, -0.15) is 9.97 Å². The van der Waals surface area contributed by atoms with Gasteiger partial charge in [-0.15, -0.1) is 11.3 Å². The predicted molar refractivity (Wildman–Crippen MR) is 208 cm³/mol. The number of unbranched alkanes of at least 4 members (excludes halogenated alkanes) is 1. The summed E-state index contributed by atoms with van der Waals surface area (Å²) in [6, 6.07) is 20.6. The number of hydrogen-bond donors (Lipinski definition) is 2. The number of amides is 1. The lowest BCUT2D eigenvalue weighted by atomic mass is 10.1. The Balaban J connectivity index is 1.51. The first-order valence-electron chi connectivity index (χ1n) is 18.2. The maximum atomic E-state index is 13.5. The molecule has 0 unspecified atom stereocenters. The summed E-state index contributed by atoms with van der Waals surface area (Å²) < 4.78 is 22.8. The molecule has 280 valence electrons. The van der Waals surface area contributed by atoms with Crippen molar-refractivity contribution in [3.8, 4) is 17.5 Å². The summed E-state index contributed by atoms with van der Waals surface area (Å²) in [6.45, 7) is 13.4. The second kappa shape index (κ2) is 18.9. The predicted octanol–water partition coefficient (Wildman–Crippen LogP) is 8.17. The smallest absolute Gasteiger partial charge is 0.412 e. The molecule has 11 nitrogen and oxygen atoms in total. The van der Waals surface area contributed by atoms with Crippen molar-refractivity contribution in [1.29, 1.82) is 0 Å². The van der Waals surface area contributed by atoms with Crippen LogP contribution in [-0.4, -0.2) is 60.5 Å². The molecule has 2 aromatic carbocycles. The van der Waals surface area contributed by atoms with Gasteiger partial charge < -0.3 is 29.2 Å². The molecule has 4 aromatic rings. The zero-order valence-corrected chi connectivity index (χ0v) is 32.3. The Morgan fingerprint density at radius 3 is 2.06 bits per heavy atom. The monoisotopic (exact) mass is 730 g/mol. The van der Waals surface area contributed by atoms with Crippen LogP contribution in [0.15, 0.2) is 60.7 Å². The number of hydrogen-bond acceptors (Lipinski definition) is 11.